The van der Waals surface area contributed by atoms with Crippen LogP contribution in [0.1, 0.15) is 75.7 Å². The number of ether oxygens (including phenoxy) is 2. The maximum absolute atomic E-state index is 14.0. The van der Waals surface area contributed by atoms with Gasteiger partial charge in [0.1, 0.15) is 24.2 Å². The molecular formula is C37H53N3O6. The first kappa shape index (κ1) is 33.2. The van der Waals surface area contributed by atoms with Gasteiger partial charge < -0.3 is 19.5 Å². The van der Waals surface area contributed by atoms with Crippen molar-refractivity contribution in [3.05, 3.63) is 42.0 Å². The number of aliphatic hydroxyl groups is 1. The molecule has 3 saturated carbocycles. The average Bonchev–Trinajstić information content (AvgIpc) is 3.40. The molecule has 2 aliphatic heterocycles. The molecule has 3 aliphatic carbocycles. The van der Waals surface area contributed by atoms with E-state index in [1.807, 2.05) is 13.0 Å². The van der Waals surface area contributed by atoms with Crippen molar-refractivity contribution in [1.82, 2.24) is 14.7 Å². The lowest BCUT2D eigenvalue weighted by Crippen LogP contribution is -2.63. The minimum absolute atomic E-state index is 0.101. The predicted octanol–water partition coefficient (Wildman–Crippen LogP) is 4.81. The number of imide groups is 1. The second-order valence-corrected chi connectivity index (χ2v) is 15.5. The van der Waals surface area contributed by atoms with E-state index in [1.165, 1.54) is 4.90 Å². The van der Waals surface area contributed by atoms with Crippen molar-refractivity contribution in [1.29, 1.82) is 0 Å². The van der Waals surface area contributed by atoms with E-state index in [4.69, 9.17) is 9.47 Å². The first-order chi connectivity index (χ1) is 21.8. The lowest BCUT2D eigenvalue weighted by atomic mass is 9.44. The highest BCUT2D eigenvalue weighted by atomic mass is 16.6. The molecule has 8 atom stereocenters. The number of aliphatic hydroxyl groups excluding tert-OH is 1. The minimum atomic E-state index is -0.737. The first-order valence-electron chi connectivity index (χ1n) is 17.4. The standard InChI is InChI=1S/C37H53N3O6/c1-7-35(4)23-30(36(5)24(2)10-13-37(25(3)32(35)42)14-11-29(41)31(36)37)46-34(44)40-15-12-26-22-27(8-9-28(26)33(40)43)45-21-20-39-18-16-38(6)17-19-39/h7-9,22,24-25,30-32,42H,1,10-21,23H2,2-6H3/t24-,25+,30-,31+,32+,35-,36+,37+/m1/s1. The van der Waals surface area contributed by atoms with E-state index in [9.17, 15) is 19.5 Å². The van der Waals surface area contributed by atoms with Gasteiger partial charge in [0.25, 0.3) is 5.91 Å². The second kappa shape index (κ2) is 12.4. The molecular weight excluding hydrogens is 582 g/mol. The van der Waals surface area contributed by atoms with Crippen molar-refractivity contribution >= 4 is 17.8 Å². The van der Waals surface area contributed by atoms with E-state index in [0.717, 1.165) is 63.3 Å². The summed E-state index contributed by atoms with van der Waals surface area (Å²) in [7, 11) is 2.14. The monoisotopic (exact) mass is 635 g/mol. The van der Waals surface area contributed by atoms with Crippen molar-refractivity contribution in [2.24, 2.45) is 34.0 Å². The highest BCUT2D eigenvalue weighted by Crippen LogP contribution is 2.68. The Morgan fingerprint density at radius 3 is 2.54 bits per heavy atom. The molecule has 252 valence electrons. The van der Waals surface area contributed by atoms with Crippen molar-refractivity contribution in [3.8, 4) is 5.75 Å². The van der Waals surface area contributed by atoms with Gasteiger partial charge in [-0.3, -0.25) is 14.5 Å². The number of hydrogen-bond acceptors (Lipinski definition) is 8. The van der Waals surface area contributed by atoms with Gasteiger partial charge in [-0.15, -0.1) is 6.58 Å². The average molecular weight is 636 g/mol. The van der Waals surface area contributed by atoms with Crippen LogP contribution in [-0.4, -0.2) is 103 Å². The van der Waals surface area contributed by atoms with E-state index < -0.39 is 29.1 Å². The number of piperazine rings is 1. The van der Waals surface area contributed by atoms with Gasteiger partial charge in [0.2, 0.25) is 0 Å². The molecule has 6 rings (SSSR count). The van der Waals surface area contributed by atoms with Gasteiger partial charge in [0.15, 0.2) is 0 Å². The number of hydrogen-bond donors (Lipinski definition) is 1. The number of Topliss-reactive ketones (excluding diaryl/α,β-unsaturated/α-hetero) is 1. The topological polar surface area (TPSA) is 99.6 Å². The van der Waals surface area contributed by atoms with E-state index in [2.05, 4.69) is 44.2 Å². The largest absolute Gasteiger partial charge is 0.492 e. The number of likely N-dealkylation sites (N-methyl/N-ethyl adjacent to an activating group) is 1. The summed E-state index contributed by atoms with van der Waals surface area (Å²) in [5.41, 5.74) is -0.367. The van der Waals surface area contributed by atoms with Gasteiger partial charge in [0, 0.05) is 68.0 Å². The number of fused-ring (bicyclic) bond motifs is 1. The highest BCUT2D eigenvalue weighted by Gasteiger charge is 2.68. The molecule has 0 aromatic heterocycles. The Kier molecular flexibility index (Phi) is 8.91. The number of carbonyl (C=O) groups is 3. The Bertz CT molecular complexity index is 1370. The number of nitrogens with zero attached hydrogens (tertiary/aromatic N) is 3. The van der Waals surface area contributed by atoms with Crippen molar-refractivity contribution in [2.45, 2.75) is 78.4 Å². The molecule has 2 heterocycles. The van der Waals surface area contributed by atoms with Crippen LogP contribution >= 0.6 is 0 Å². The summed E-state index contributed by atoms with van der Waals surface area (Å²) in [6.45, 7) is 18.3. The fourth-order valence-electron chi connectivity index (χ4n) is 9.78. The van der Waals surface area contributed by atoms with E-state index in [-0.39, 0.29) is 41.4 Å². The lowest BCUT2D eigenvalue weighted by Gasteiger charge is -2.61. The third-order valence-electron chi connectivity index (χ3n) is 13.2. The van der Waals surface area contributed by atoms with Crippen LogP contribution < -0.4 is 4.74 Å². The highest BCUT2D eigenvalue weighted by molar-refractivity contribution is 6.05. The molecule has 1 aromatic rings. The number of carbonyl (C=O) groups excluding carboxylic acids is 3. The summed E-state index contributed by atoms with van der Waals surface area (Å²) >= 11 is 0. The lowest BCUT2D eigenvalue weighted by molar-refractivity contribution is -0.192. The molecule has 1 saturated heterocycles. The molecule has 0 spiro atoms. The fourth-order valence-corrected chi connectivity index (χ4v) is 9.78. The van der Waals surface area contributed by atoms with Crippen molar-refractivity contribution in [3.63, 3.8) is 0 Å². The normalized spacial score (nSPS) is 38.4. The number of ketones is 1. The van der Waals surface area contributed by atoms with E-state index in [1.54, 1.807) is 18.2 Å². The summed E-state index contributed by atoms with van der Waals surface area (Å²) in [6.07, 6.45) is 3.54. The Labute approximate surface area is 274 Å². The maximum Gasteiger partial charge on any atom is 0.417 e. The molecule has 2 bridgehead atoms. The zero-order valence-corrected chi connectivity index (χ0v) is 28.4. The summed E-state index contributed by atoms with van der Waals surface area (Å²) < 4.78 is 12.5. The smallest absolute Gasteiger partial charge is 0.417 e. The third-order valence-corrected chi connectivity index (χ3v) is 13.2. The maximum atomic E-state index is 14.0. The van der Waals surface area contributed by atoms with Crippen LogP contribution in [0.5, 0.6) is 5.75 Å². The Morgan fingerprint density at radius 1 is 1.09 bits per heavy atom. The number of amides is 2. The zero-order chi connectivity index (χ0) is 33.0. The Hall–Kier alpha value is -2.75. The van der Waals surface area contributed by atoms with Gasteiger partial charge >= 0.3 is 6.09 Å². The molecule has 0 unspecified atom stereocenters. The van der Waals surface area contributed by atoms with Gasteiger partial charge in [-0.05, 0) is 80.2 Å². The molecule has 46 heavy (non-hydrogen) atoms. The van der Waals surface area contributed by atoms with Crippen molar-refractivity contribution in [2.75, 3.05) is 52.9 Å². The van der Waals surface area contributed by atoms with E-state index >= 15 is 0 Å². The molecule has 5 aliphatic rings. The van der Waals surface area contributed by atoms with Gasteiger partial charge in [-0.1, -0.05) is 33.8 Å². The summed E-state index contributed by atoms with van der Waals surface area (Å²) in [4.78, 5) is 47.3. The zero-order valence-electron chi connectivity index (χ0n) is 28.4. The van der Waals surface area contributed by atoms with Crippen LogP contribution in [0.2, 0.25) is 0 Å². The van der Waals surface area contributed by atoms with Gasteiger partial charge in [0.05, 0.1) is 6.10 Å². The van der Waals surface area contributed by atoms with Gasteiger partial charge in [-0.25, -0.2) is 9.69 Å². The van der Waals surface area contributed by atoms with Gasteiger partial charge in [-0.2, -0.15) is 0 Å². The summed E-state index contributed by atoms with van der Waals surface area (Å²) in [5, 5.41) is 11.8. The molecule has 2 amide bonds. The predicted molar refractivity (Wildman–Crippen MR) is 176 cm³/mol. The SMILES string of the molecule is C=C[C@]1(C)C[C@@H](OC(=O)N2CCc3cc(OCCN4CCN(C)CC4)ccc3C2=O)[C@]2(C)[C@H](C)CC[C@]3(CCC(=O)[C@H]32)[C@@H](C)[C@@H]1O. The van der Waals surface area contributed by atoms with Crippen LogP contribution in [0, 0.1) is 34.0 Å². The quantitative estimate of drug-likeness (QED) is 0.445. The molecule has 1 aromatic carbocycles. The fraction of sp³-hybridized carbons (Fsp3) is 0.703. The van der Waals surface area contributed by atoms with E-state index in [0.29, 0.717) is 31.4 Å². The second-order valence-electron chi connectivity index (χ2n) is 15.5. The minimum Gasteiger partial charge on any atom is -0.492 e. The molecule has 9 nitrogen and oxygen atoms in total. The van der Waals surface area contributed by atoms with Crippen LogP contribution in [0.4, 0.5) is 4.79 Å². The molecule has 9 heteroatoms. The van der Waals surface area contributed by atoms with Crippen molar-refractivity contribution < 1.29 is 29.0 Å². The third kappa shape index (κ3) is 5.40. The molecule has 1 N–H and O–H groups in total. The van der Waals surface area contributed by atoms with Crippen LogP contribution in [0.25, 0.3) is 0 Å². The summed E-state index contributed by atoms with van der Waals surface area (Å²) in [5.74, 6) is 0.264. The summed E-state index contributed by atoms with van der Waals surface area (Å²) in [6, 6.07) is 5.47. The van der Waals surface area contributed by atoms with Crippen LogP contribution in [0.3, 0.4) is 0 Å². The Balaban J connectivity index is 1.20. The first-order valence-corrected chi connectivity index (χ1v) is 17.4. The Morgan fingerprint density at radius 2 is 1.83 bits per heavy atom. The number of rotatable bonds is 6. The van der Waals surface area contributed by atoms with Crippen LogP contribution in [-0.2, 0) is 16.0 Å². The number of benzene rings is 1. The molecule has 4 fully saturated rings. The molecule has 0 radical (unpaired) electrons. The van der Waals surface area contributed by atoms with Crippen LogP contribution in [0.15, 0.2) is 30.9 Å².